The summed E-state index contributed by atoms with van der Waals surface area (Å²) < 4.78 is 14.3. The van der Waals surface area contributed by atoms with Crippen molar-refractivity contribution in [2.45, 2.75) is 19.1 Å². The lowest BCUT2D eigenvalue weighted by Gasteiger charge is -2.19. The highest BCUT2D eigenvalue weighted by molar-refractivity contribution is 9.10. The maximum atomic E-state index is 13.3. The van der Waals surface area contributed by atoms with Crippen LogP contribution in [0.5, 0.6) is 0 Å². The first kappa shape index (κ1) is 16.1. The van der Waals surface area contributed by atoms with Crippen molar-refractivity contribution in [3.8, 4) is 0 Å². The molecule has 1 atom stereocenters. The molecule has 3 rings (SSSR count). The molecule has 23 heavy (non-hydrogen) atoms. The van der Waals surface area contributed by atoms with Gasteiger partial charge in [0, 0.05) is 33.8 Å². The van der Waals surface area contributed by atoms with Gasteiger partial charge in [-0.2, -0.15) is 0 Å². The Kier molecular flexibility index (Phi) is 4.77. The molecular formula is C16H14BrFN2O2S. The highest BCUT2D eigenvalue weighted by atomic mass is 79.9. The predicted octanol–water partition coefficient (Wildman–Crippen LogP) is 3.80. The molecule has 0 radical (unpaired) electrons. The van der Waals surface area contributed by atoms with E-state index in [-0.39, 0.29) is 11.7 Å². The van der Waals surface area contributed by atoms with Gasteiger partial charge < -0.3 is 9.74 Å². The molecule has 0 bridgehead atoms. The third-order valence-corrected chi connectivity index (χ3v) is 5.18. The van der Waals surface area contributed by atoms with Crippen molar-refractivity contribution in [3.63, 3.8) is 0 Å². The lowest BCUT2D eigenvalue weighted by atomic mass is 10.0. The average Bonchev–Trinajstić information content (AvgIpc) is 3.16. The number of halogens is 2. The van der Waals surface area contributed by atoms with Crippen molar-refractivity contribution in [2.24, 2.45) is 5.16 Å². The van der Waals surface area contributed by atoms with E-state index in [1.807, 2.05) is 11.4 Å². The van der Waals surface area contributed by atoms with Crippen molar-refractivity contribution >= 4 is 38.9 Å². The molecule has 120 valence electrons. The zero-order valence-corrected chi connectivity index (χ0v) is 14.7. The predicted molar refractivity (Wildman–Crippen MR) is 90.9 cm³/mol. The van der Waals surface area contributed by atoms with Gasteiger partial charge in [0.15, 0.2) is 0 Å². The van der Waals surface area contributed by atoms with Crippen molar-refractivity contribution in [2.75, 3.05) is 7.05 Å². The van der Waals surface area contributed by atoms with Crippen molar-refractivity contribution < 1.29 is 14.0 Å². The first-order valence-corrected chi connectivity index (χ1v) is 8.66. The van der Waals surface area contributed by atoms with E-state index < -0.39 is 6.10 Å². The fourth-order valence-electron chi connectivity index (χ4n) is 2.34. The van der Waals surface area contributed by atoms with Gasteiger partial charge in [-0.25, -0.2) is 4.39 Å². The normalized spacial score (nSPS) is 16.8. The standard InChI is InChI=1S/C16H14BrFN2O2S/c1-20(8-13-6-11(17)9-23-13)16(21)15-7-14(19-22-15)10-3-2-4-12(18)5-10/h2-6,9,15H,7-8H2,1H3. The quantitative estimate of drug-likeness (QED) is 0.788. The molecule has 0 fully saturated rings. The van der Waals surface area contributed by atoms with Crippen molar-refractivity contribution in [3.05, 3.63) is 56.4 Å². The van der Waals surface area contributed by atoms with E-state index in [0.29, 0.717) is 24.2 Å². The SMILES string of the molecule is CN(Cc1cc(Br)cs1)C(=O)C1CC(c2cccc(F)c2)=NO1. The molecule has 0 saturated carbocycles. The average molecular weight is 397 g/mol. The van der Waals surface area contributed by atoms with Crippen LogP contribution in [0.2, 0.25) is 0 Å². The summed E-state index contributed by atoms with van der Waals surface area (Å²) in [5.74, 6) is -0.468. The third kappa shape index (κ3) is 3.79. The Morgan fingerprint density at radius 2 is 2.35 bits per heavy atom. The number of rotatable bonds is 4. The second kappa shape index (κ2) is 6.80. The van der Waals surface area contributed by atoms with Crippen molar-refractivity contribution in [1.82, 2.24) is 4.90 Å². The summed E-state index contributed by atoms with van der Waals surface area (Å²) in [7, 11) is 1.74. The molecule has 7 heteroatoms. The number of oxime groups is 1. The van der Waals surface area contributed by atoms with Crippen LogP contribution in [0.3, 0.4) is 0 Å². The molecular weight excluding hydrogens is 383 g/mol. The summed E-state index contributed by atoms with van der Waals surface area (Å²) in [4.78, 5) is 20.4. The summed E-state index contributed by atoms with van der Waals surface area (Å²) in [6.45, 7) is 0.518. The van der Waals surface area contributed by atoms with Gasteiger partial charge >= 0.3 is 0 Å². The minimum absolute atomic E-state index is 0.135. The Morgan fingerprint density at radius 1 is 1.52 bits per heavy atom. The maximum absolute atomic E-state index is 13.3. The number of carbonyl (C=O) groups excluding carboxylic acids is 1. The zero-order chi connectivity index (χ0) is 16.4. The van der Waals surface area contributed by atoms with Crippen LogP contribution in [0.1, 0.15) is 16.9 Å². The Hall–Kier alpha value is -1.73. The van der Waals surface area contributed by atoms with Gasteiger partial charge in [0.2, 0.25) is 6.10 Å². The summed E-state index contributed by atoms with van der Waals surface area (Å²) in [5, 5.41) is 5.92. The zero-order valence-electron chi connectivity index (χ0n) is 12.3. The molecule has 4 nitrogen and oxygen atoms in total. The number of likely N-dealkylation sites (N-methyl/N-ethyl adjacent to an activating group) is 1. The first-order chi connectivity index (χ1) is 11.0. The molecule has 2 heterocycles. The van der Waals surface area contributed by atoms with Crippen LogP contribution < -0.4 is 0 Å². The summed E-state index contributed by atoms with van der Waals surface area (Å²) in [6.07, 6.45) is -0.303. The summed E-state index contributed by atoms with van der Waals surface area (Å²) >= 11 is 4.98. The molecule has 1 amide bonds. The molecule has 1 unspecified atom stereocenters. The van der Waals surface area contributed by atoms with E-state index >= 15 is 0 Å². The molecule has 0 N–H and O–H groups in total. The number of nitrogens with zero attached hydrogens (tertiary/aromatic N) is 2. The molecule has 1 aliphatic heterocycles. The lowest BCUT2D eigenvalue weighted by Crippen LogP contribution is -2.36. The third-order valence-electron chi connectivity index (χ3n) is 3.49. The number of benzene rings is 1. The number of carbonyl (C=O) groups is 1. The van der Waals surface area contributed by atoms with E-state index in [0.717, 1.165) is 9.35 Å². The maximum Gasteiger partial charge on any atom is 0.266 e. The Labute approximate surface area is 145 Å². The van der Waals surface area contributed by atoms with Crippen LogP contribution in [-0.4, -0.2) is 29.7 Å². The van der Waals surface area contributed by atoms with E-state index in [1.165, 1.54) is 12.1 Å². The van der Waals surface area contributed by atoms with Crippen LogP contribution in [0, 0.1) is 5.82 Å². The van der Waals surface area contributed by atoms with E-state index in [9.17, 15) is 9.18 Å². The van der Waals surface area contributed by atoms with Crippen molar-refractivity contribution in [1.29, 1.82) is 0 Å². The minimum atomic E-state index is -0.651. The minimum Gasteiger partial charge on any atom is -0.382 e. The number of thiophene rings is 1. The molecule has 0 saturated heterocycles. The summed E-state index contributed by atoms with van der Waals surface area (Å²) in [6, 6.07) is 8.12. The van der Waals surface area contributed by atoms with E-state index in [2.05, 4.69) is 21.1 Å². The Bertz CT molecular complexity index is 762. The molecule has 1 aliphatic rings. The second-order valence-corrected chi connectivity index (χ2v) is 7.18. The topological polar surface area (TPSA) is 41.9 Å². The first-order valence-electron chi connectivity index (χ1n) is 6.99. The smallest absolute Gasteiger partial charge is 0.266 e. The van der Waals surface area contributed by atoms with Gasteiger partial charge in [0.1, 0.15) is 5.82 Å². The van der Waals surface area contributed by atoms with Gasteiger partial charge in [-0.3, -0.25) is 4.79 Å². The fourth-order valence-corrected chi connectivity index (χ4v) is 3.85. The Balaban J connectivity index is 1.62. The summed E-state index contributed by atoms with van der Waals surface area (Å²) in [5.41, 5.74) is 1.24. The Morgan fingerprint density at radius 3 is 3.04 bits per heavy atom. The fraction of sp³-hybridized carbons (Fsp3) is 0.250. The van der Waals surface area contributed by atoms with Gasteiger partial charge in [0.05, 0.1) is 12.3 Å². The highest BCUT2D eigenvalue weighted by Gasteiger charge is 2.31. The van der Waals surface area contributed by atoms with Gasteiger partial charge in [-0.1, -0.05) is 17.3 Å². The van der Waals surface area contributed by atoms with Gasteiger partial charge in [-0.15, -0.1) is 11.3 Å². The number of amides is 1. The van der Waals surface area contributed by atoms with Crippen LogP contribution in [0.25, 0.3) is 0 Å². The van der Waals surface area contributed by atoms with Crippen LogP contribution in [0.4, 0.5) is 4.39 Å². The highest BCUT2D eigenvalue weighted by Crippen LogP contribution is 2.23. The van der Waals surface area contributed by atoms with Gasteiger partial charge in [-0.05, 0) is 34.1 Å². The van der Waals surface area contributed by atoms with E-state index in [4.69, 9.17) is 4.84 Å². The largest absolute Gasteiger partial charge is 0.382 e. The number of hydrogen-bond donors (Lipinski definition) is 0. The van der Waals surface area contributed by atoms with Gasteiger partial charge in [0.25, 0.3) is 5.91 Å². The molecule has 2 aromatic rings. The second-order valence-electron chi connectivity index (χ2n) is 5.27. The van der Waals surface area contributed by atoms with Crippen LogP contribution in [0.15, 0.2) is 45.3 Å². The molecule has 0 aliphatic carbocycles. The van der Waals surface area contributed by atoms with Crippen LogP contribution >= 0.6 is 27.3 Å². The molecule has 1 aromatic carbocycles. The lowest BCUT2D eigenvalue weighted by molar-refractivity contribution is -0.141. The molecule has 1 aromatic heterocycles. The van der Waals surface area contributed by atoms with Crippen LogP contribution in [-0.2, 0) is 16.2 Å². The molecule has 0 spiro atoms. The monoisotopic (exact) mass is 396 g/mol. The van der Waals surface area contributed by atoms with E-state index in [1.54, 1.807) is 35.4 Å². The number of hydrogen-bond acceptors (Lipinski definition) is 4.